The van der Waals surface area contributed by atoms with E-state index in [2.05, 4.69) is 10.3 Å². The SMILES string of the molecule is O=c1c2cc(Oc3ccc(Cl)cc3)ccc2nnn1Cc1cc[n+]([O-])cc1. The topological polar surface area (TPSA) is 84.0 Å². The molecule has 2 aromatic carbocycles. The number of ether oxygens (including phenoxy) is 1. The number of benzene rings is 2. The minimum atomic E-state index is -0.291. The highest BCUT2D eigenvalue weighted by atomic mass is 35.5. The number of hydrogen-bond acceptors (Lipinski definition) is 5. The maximum absolute atomic E-state index is 12.8. The van der Waals surface area contributed by atoms with Crippen molar-refractivity contribution in [1.29, 1.82) is 0 Å². The molecule has 0 saturated carbocycles. The molecule has 0 unspecified atom stereocenters. The molecule has 2 heterocycles. The van der Waals surface area contributed by atoms with Gasteiger partial charge in [-0.15, -0.1) is 5.10 Å². The van der Waals surface area contributed by atoms with E-state index in [1.54, 1.807) is 54.6 Å². The molecule has 2 aromatic heterocycles. The Morgan fingerprint density at radius 1 is 1.04 bits per heavy atom. The molecule has 0 bridgehead atoms. The van der Waals surface area contributed by atoms with Crippen LogP contribution in [-0.2, 0) is 6.54 Å². The lowest BCUT2D eigenvalue weighted by molar-refractivity contribution is -0.605. The van der Waals surface area contributed by atoms with Crippen LogP contribution in [0.15, 0.2) is 71.8 Å². The van der Waals surface area contributed by atoms with Crippen molar-refractivity contribution in [2.24, 2.45) is 0 Å². The highest BCUT2D eigenvalue weighted by Gasteiger charge is 2.09. The molecule has 0 aliphatic heterocycles. The molecule has 8 heteroatoms. The predicted octanol–water partition coefficient (Wildman–Crippen LogP) is 2.92. The molecule has 4 aromatic rings. The molecule has 0 aliphatic rings. The second kappa shape index (κ2) is 7.05. The van der Waals surface area contributed by atoms with E-state index in [1.165, 1.54) is 17.1 Å². The molecule has 4 rings (SSSR count). The minimum absolute atomic E-state index is 0.213. The summed E-state index contributed by atoms with van der Waals surface area (Å²) in [6, 6.07) is 15.2. The van der Waals surface area contributed by atoms with Crippen molar-refractivity contribution in [3.63, 3.8) is 0 Å². The summed E-state index contributed by atoms with van der Waals surface area (Å²) < 4.78 is 7.70. The number of pyridine rings is 1. The molecule has 0 spiro atoms. The summed E-state index contributed by atoms with van der Waals surface area (Å²) in [5, 5.41) is 20.2. The largest absolute Gasteiger partial charge is 0.619 e. The van der Waals surface area contributed by atoms with Crippen LogP contribution < -0.4 is 15.0 Å². The standard InChI is InChI=1S/C19H13ClN4O3/c20-14-1-3-15(4-2-14)27-16-5-6-18-17(11-16)19(25)24(22-21-18)12-13-7-9-23(26)10-8-13/h1-11H,12H2. The molecule has 0 N–H and O–H groups in total. The van der Waals surface area contributed by atoms with Crippen molar-refractivity contribution >= 4 is 22.5 Å². The Bertz CT molecular complexity index is 1150. The molecular formula is C19H13ClN4O3. The minimum Gasteiger partial charge on any atom is -0.619 e. The number of nitrogens with zero attached hydrogens (tertiary/aromatic N) is 4. The maximum atomic E-state index is 12.8. The maximum Gasteiger partial charge on any atom is 0.278 e. The predicted molar refractivity (Wildman–Crippen MR) is 99.8 cm³/mol. The van der Waals surface area contributed by atoms with Gasteiger partial charge in [-0.3, -0.25) is 4.79 Å². The van der Waals surface area contributed by atoms with E-state index in [9.17, 15) is 10.0 Å². The summed E-state index contributed by atoms with van der Waals surface area (Å²) >= 11 is 5.87. The highest BCUT2D eigenvalue weighted by molar-refractivity contribution is 6.30. The zero-order chi connectivity index (χ0) is 18.8. The molecule has 134 valence electrons. The number of hydrogen-bond donors (Lipinski definition) is 0. The Hall–Kier alpha value is -3.45. The second-order valence-corrected chi connectivity index (χ2v) is 6.29. The number of rotatable bonds is 4. The van der Waals surface area contributed by atoms with Crippen LogP contribution in [0.5, 0.6) is 11.5 Å². The van der Waals surface area contributed by atoms with Gasteiger partial charge in [-0.2, -0.15) is 4.73 Å². The van der Waals surface area contributed by atoms with Gasteiger partial charge in [0, 0.05) is 17.2 Å². The van der Waals surface area contributed by atoms with Gasteiger partial charge < -0.3 is 9.94 Å². The molecular weight excluding hydrogens is 368 g/mol. The van der Waals surface area contributed by atoms with Crippen LogP contribution in [0.4, 0.5) is 0 Å². The van der Waals surface area contributed by atoms with E-state index >= 15 is 0 Å². The van der Waals surface area contributed by atoms with Crippen LogP contribution in [0.2, 0.25) is 5.02 Å². The van der Waals surface area contributed by atoms with Gasteiger partial charge >= 0.3 is 0 Å². The number of fused-ring (bicyclic) bond motifs is 1. The fourth-order valence-electron chi connectivity index (χ4n) is 2.58. The first-order valence-electron chi connectivity index (χ1n) is 8.07. The van der Waals surface area contributed by atoms with E-state index in [0.29, 0.717) is 32.2 Å². The summed E-state index contributed by atoms with van der Waals surface area (Å²) in [6.07, 6.45) is 2.74. The van der Waals surface area contributed by atoms with Crippen LogP contribution in [0.1, 0.15) is 5.56 Å². The van der Waals surface area contributed by atoms with Gasteiger partial charge in [0.05, 0.1) is 11.9 Å². The lowest BCUT2D eigenvalue weighted by atomic mass is 10.2. The highest BCUT2D eigenvalue weighted by Crippen LogP contribution is 2.24. The molecule has 0 atom stereocenters. The van der Waals surface area contributed by atoms with E-state index in [0.717, 1.165) is 5.56 Å². The van der Waals surface area contributed by atoms with Crippen LogP contribution in [0.3, 0.4) is 0 Å². The molecule has 0 amide bonds. The van der Waals surface area contributed by atoms with Crippen molar-refractivity contribution in [3.8, 4) is 11.5 Å². The van der Waals surface area contributed by atoms with Crippen molar-refractivity contribution < 1.29 is 9.47 Å². The third-order valence-corrected chi connectivity index (χ3v) is 4.20. The van der Waals surface area contributed by atoms with Crippen LogP contribution >= 0.6 is 11.6 Å². The Balaban J connectivity index is 1.67. The summed E-state index contributed by atoms with van der Waals surface area (Å²) in [7, 11) is 0. The third kappa shape index (κ3) is 3.73. The van der Waals surface area contributed by atoms with Crippen molar-refractivity contribution in [1.82, 2.24) is 15.0 Å². The molecule has 27 heavy (non-hydrogen) atoms. The lowest BCUT2D eigenvalue weighted by Gasteiger charge is -2.08. The Morgan fingerprint density at radius 2 is 1.74 bits per heavy atom. The van der Waals surface area contributed by atoms with Crippen molar-refractivity contribution in [3.05, 3.63) is 93.1 Å². The van der Waals surface area contributed by atoms with E-state index in [1.807, 2.05) is 0 Å². The first-order valence-corrected chi connectivity index (χ1v) is 8.45. The summed E-state index contributed by atoms with van der Waals surface area (Å²) in [5.41, 5.74) is 0.956. The van der Waals surface area contributed by atoms with Crippen LogP contribution in [0.25, 0.3) is 10.9 Å². The van der Waals surface area contributed by atoms with Crippen LogP contribution in [0, 0.1) is 5.21 Å². The summed E-state index contributed by atoms with van der Waals surface area (Å²) in [4.78, 5) is 12.8. The smallest absolute Gasteiger partial charge is 0.278 e. The quantitative estimate of drug-likeness (QED) is 0.401. The zero-order valence-electron chi connectivity index (χ0n) is 13.9. The van der Waals surface area contributed by atoms with E-state index in [-0.39, 0.29) is 12.1 Å². The fourth-order valence-corrected chi connectivity index (χ4v) is 2.71. The lowest BCUT2D eigenvalue weighted by Crippen LogP contribution is -2.27. The molecule has 0 radical (unpaired) electrons. The van der Waals surface area contributed by atoms with Gasteiger partial charge in [0.25, 0.3) is 5.56 Å². The molecule has 0 aliphatic carbocycles. The average Bonchev–Trinajstić information content (AvgIpc) is 2.68. The van der Waals surface area contributed by atoms with Crippen molar-refractivity contribution in [2.75, 3.05) is 0 Å². The zero-order valence-corrected chi connectivity index (χ0v) is 14.7. The first-order chi connectivity index (χ1) is 13.1. The normalized spacial score (nSPS) is 10.9. The monoisotopic (exact) mass is 380 g/mol. The van der Waals surface area contributed by atoms with Gasteiger partial charge in [0.2, 0.25) is 0 Å². The molecule has 0 saturated heterocycles. The molecule has 7 nitrogen and oxygen atoms in total. The third-order valence-electron chi connectivity index (χ3n) is 3.95. The average molecular weight is 381 g/mol. The summed E-state index contributed by atoms with van der Waals surface area (Å²) in [5.74, 6) is 1.12. The fraction of sp³-hybridized carbons (Fsp3) is 0.0526. The molecule has 0 fully saturated rings. The number of halogens is 1. The Kier molecular flexibility index (Phi) is 4.43. The Morgan fingerprint density at radius 3 is 2.48 bits per heavy atom. The van der Waals surface area contributed by atoms with Gasteiger partial charge in [0.15, 0.2) is 12.4 Å². The van der Waals surface area contributed by atoms with E-state index in [4.69, 9.17) is 16.3 Å². The first kappa shape index (κ1) is 17.0. The van der Waals surface area contributed by atoms with Crippen LogP contribution in [-0.4, -0.2) is 15.0 Å². The van der Waals surface area contributed by atoms with Gasteiger partial charge in [-0.05, 0) is 48.0 Å². The van der Waals surface area contributed by atoms with Gasteiger partial charge in [-0.1, -0.05) is 16.8 Å². The van der Waals surface area contributed by atoms with Gasteiger partial charge in [0.1, 0.15) is 17.0 Å². The second-order valence-electron chi connectivity index (χ2n) is 5.85. The number of aromatic nitrogens is 4. The Labute approximate surface area is 158 Å². The van der Waals surface area contributed by atoms with Gasteiger partial charge in [-0.25, -0.2) is 4.68 Å². The van der Waals surface area contributed by atoms with E-state index < -0.39 is 0 Å². The van der Waals surface area contributed by atoms with Crippen molar-refractivity contribution in [2.45, 2.75) is 6.54 Å². The summed E-state index contributed by atoms with van der Waals surface area (Å²) in [6.45, 7) is 0.213.